The van der Waals surface area contributed by atoms with Crippen molar-refractivity contribution < 1.29 is 27.3 Å². The second kappa shape index (κ2) is 9.32. The number of carboxylic acid groups (broad SMARTS) is 1. The van der Waals surface area contributed by atoms with Gasteiger partial charge in [-0.05, 0) is 61.6 Å². The summed E-state index contributed by atoms with van der Waals surface area (Å²) in [6.07, 6.45) is -0.924. The quantitative estimate of drug-likeness (QED) is 0.366. The van der Waals surface area contributed by atoms with Crippen LogP contribution in [0.1, 0.15) is 49.7 Å². The highest BCUT2D eigenvalue weighted by molar-refractivity contribution is 8.04. The maximum Gasteiger partial charge on any atom is 0.410 e. The molecule has 2 aliphatic rings. The number of nitrogens with one attached hydrogen (secondary N) is 3. The van der Waals surface area contributed by atoms with Crippen molar-refractivity contribution in [3.63, 3.8) is 0 Å². The number of halogens is 3. The zero-order valence-corrected chi connectivity index (χ0v) is 22.0. The van der Waals surface area contributed by atoms with E-state index in [2.05, 4.69) is 30.3 Å². The monoisotopic (exact) mass is 551 g/mol. The van der Waals surface area contributed by atoms with Crippen molar-refractivity contribution in [1.29, 1.82) is 5.26 Å². The van der Waals surface area contributed by atoms with Gasteiger partial charge < -0.3 is 10.4 Å². The number of alkyl halides is 2. The molecular weight excluding hydrogens is 523 g/mol. The topological polar surface area (TPSA) is 152 Å². The minimum atomic E-state index is -3.86. The van der Waals surface area contributed by atoms with E-state index >= 15 is 4.39 Å². The second-order valence-electron chi connectivity index (χ2n) is 10.1. The molecule has 204 valence electrons. The lowest BCUT2D eigenvalue weighted by Gasteiger charge is -2.57. The van der Waals surface area contributed by atoms with Crippen LogP contribution in [0.15, 0.2) is 29.4 Å². The number of nitrogens with zero attached hydrogens (tertiary/aromatic N) is 4. The van der Waals surface area contributed by atoms with Gasteiger partial charge in [0.1, 0.15) is 34.8 Å². The van der Waals surface area contributed by atoms with Gasteiger partial charge >= 0.3 is 6.09 Å². The van der Waals surface area contributed by atoms with Gasteiger partial charge in [-0.25, -0.2) is 22.9 Å². The number of aromatic nitrogens is 2. The first-order valence-electron chi connectivity index (χ1n) is 11.7. The van der Waals surface area contributed by atoms with Gasteiger partial charge in [0.05, 0.1) is 34.3 Å². The van der Waals surface area contributed by atoms with E-state index in [1.807, 2.05) is 6.07 Å². The average Bonchev–Trinajstić information content (AvgIpc) is 2.84. The summed E-state index contributed by atoms with van der Waals surface area (Å²) < 4.78 is 60.0. The number of hydrogen-bond donors (Lipinski definition) is 5. The summed E-state index contributed by atoms with van der Waals surface area (Å²) in [6, 6.07) is 6.11. The fourth-order valence-electron chi connectivity index (χ4n) is 4.98. The zero-order chi connectivity index (χ0) is 28.1. The number of carbonyl (C=O) groups is 1. The van der Waals surface area contributed by atoms with E-state index in [-0.39, 0.29) is 23.9 Å². The average molecular weight is 552 g/mol. The lowest BCUT2D eigenvalue weighted by Crippen LogP contribution is -2.73. The Balaban J connectivity index is 1.80. The molecule has 4 heterocycles. The van der Waals surface area contributed by atoms with E-state index in [0.717, 1.165) is 11.6 Å². The highest BCUT2D eigenvalue weighted by Gasteiger charge is 2.62. The first-order valence-corrected chi connectivity index (χ1v) is 13.5. The molecule has 2 aliphatic heterocycles. The Kier molecular flexibility index (Phi) is 6.73. The molecule has 38 heavy (non-hydrogen) atoms. The Morgan fingerprint density at radius 2 is 2.05 bits per heavy atom. The van der Waals surface area contributed by atoms with Crippen LogP contribution < -0.4 is 15.4 Å². The van der Waals surface area contributed by atoms with E-state index in [9.17, 15) is 22.9 Å². The van der Waals surface area contributed by atoms with Gasteiger partial charge in [0.2, 0.25) is 0 Å². The summed E-state index contributed by atoms with van der Waals surface area (Å²) in [5.74, 6) is -4.19. The van der Waals surface area contributed by atoms with Crippen LogP contribution in [0, 0.1) is 24.1 Å². The van der Waals surface area contributed by atoms with Crippen LogP contribution in [0.2, 0.25) is 0 Å². The third-order valence-electron chi connectivity index (χ3n) is 7.21. The third kappa shape index (κ3) is 4.60. The highest BCUT2D eigenvalue weighted by Crippen LogP contribution is 2.50. The zero-order valence-electron chi connectivity index (χ0n) is 21.1. The van der Waals surface area contributed by atoms with Crippen molar-refractivity contribution in [2.24, 2.45) is 4.99 Å². The van der Waals surface area contributed by atoms with Crippen LogP contribution in [-0.4, -0.2) is 53.7 Å². The number of amidine groups is 1. The summed E-state index contributed by atoms with van der Waals surface area (Å²) in [5, 5.41) is 22.2. The Bertz CT molecular complexity index is 1430. The molecule has 4 rings (SSSR count). The molecule has 1 fully saturated rings. The smallest absolute Gasteiger partial charge is 0.410 e. The van der Waals surface area contributed by atoms with Gasteiger partial charge in [0, 0.05) is 12.6 Å². The van der Waals surface area contributed by atoms with Gasteiger partial charge in [0.25, 0.3) is 5.92 Å². The van der Waals surface area contributed by atoms with Crippen LogP contribution >= 0.6 is 0 Å². The molecular formula is C24H28F3N7O3S. The summed E-state index contributed by atoms with van der Waals surface area (Å²) in [4.78, 5) is 24.5. The van der Waals surface area contributed by atoms with Crippen molar-refractivity contribution in [3.8, 4) is 6.07 Å². The largest absolute Gasteiger partial charge is 0.465 e. The normalized spacial score (nSPS) is 25.7. The summed E-state index contributed by atoms with van der Waals surface area (Å²) in [6.45, 7) is 5.33. The van der Waals surface area contributed by atoms with Crippen molar-refractivity contribution in [1.82, 2.24) is 20.0 Å². The number of thiol groups is 1. The summed E-state index contributed by atoms with van der Waals surface area (Å²) in [7, 11) is -3.86. The SMILES string of the molecule is Cc1cc(C#N)cnc1CNc1ccc(F)c([C@@]2(C)N=C(NC(=O)O)C(C)(C)[SH]3(=O)NCC(F)(F)C[C@H]23)n1. The molecule has 2 aromatic rings. The van der Waals surface area contributed by atoms with Gasteiger partial charge in [0.15, 0.2) is 0 Å². The van der Waals surface area contributed by atoms with Gasteiger partial charge in [-0.1, -0.05) is 0 Å². The van der Waals surface area contributed by atoms with Crippen molar-refractivity contribution >= 4 is 27.9 Å². The molecule has 0 unspecified atom stereocenters. The number of pyridine rings is 2. The molecule has 2 atom stereocenters. The Morgan fingerprint density at radius 3 is 2.68 bits per heavy atom. The van der Waals surface area contributed by atoms with Crippen LogP contribution in [0.5, 0.6) is 0 Å². The third-order valence-corrected chi connectivity index (χ3v) is 11.3. The van der Waals surface area contributed by atoms with E-state index in [0.29, 0.717) is 11.3 Å². The molecule has 0 aliphatic carbocycles. The molecule has 10 nitrogen and oxygen atoms in total. The first kappa shape index (κ1) is 27.5. The molecule has 4 N–H and O–H groups in total. The lowest BCUT2D eigenvalue weighted by atomic mass is 9.88. The standard InChI is InChI=1S/C24H28F3N7O3S/c1-13-7-14(9-28)10-29-16(13)11-30-18-6-5-15(25)19(32-18)23(4)17-8-24(26,27)12-31-38(17,37)22(2,3)20(34-23)33-21(35)36/h5-7,10,17,38H,8,11-12H2,1-4H3,(H,30,32)(H,31,37)(H,33,34)(H,35,36)/t17-,23+/m1/s1. The number of fused-ring (bicyclic) bond motifs is 1. The predicted octanol–water partition coefficient (Wildman–Crippen LogP) is 3.01. The minimum Gasteiger partial charge on any atom is -0.465 e. The van der Waals surface area contributed by atoms with Gasteiger partial charge in [-0.15, -0.1) is 0 Å². The molecule has 0 aromatic carbocycles. The molecule has 2 aromatic heterocycles. The van der Waals surface area contributed by atoms with E-state index < -0.39 is 56.5 Å². The van der Waals surface area contributed by atoms with Crippen molar-refractivity contribution in [3.05, 3.63) is 52.7 Å². The molecule has 0 saturated carbocycles. The summed E-state index contributed by atoms with van der Waals surface area (Å²) in [5.41, 5.74) is -0.506. The Labute approximate surface area is 218 Å². The van der Waals surface area contributed by atoms with Crippen molar-refractivity contribution in [2.75, 3.05) is 11.9 Å². The predicted molar refractivity (Wildman–Crippen MR) is 136 cm³/mol. The maximum absolute atomic E-state index is 15.3. The van der Waals surface area contributed by atoms with Crippen LogP contribution in [0.25, 0.3) is 0 Å². The van der Waals surface area contributed by atoms with Crippen LogP contribution in [-0.2, 0) is 22.2 Å². The Morgan fingerprint density at radius 1 is 1.34 bits per heavy atom. The number of nitriles is 1. The molecule has 1 amide bonds. The van der Waals surface area contributed by atoms with E-state index in [1.165, 1.54) is 33.0 Å². The number of aryl methyl sites for hydroxylation is 1. The van der Waals surface area contributed by atoms with Gasteiger partial charge in [-0.2, -0.15) is 5.26 Å². The molecule has 0 spiro atoms. The molecule has 14 heteroatoms. The first-order chi connectivity index (χ1) is 17.6. The lowest BCUT2D eigenvalue weighted by molar-refractivity contribution is -0.0139. The second-order valence-corrected chi connectivity index (χ2v) is 13.5. The highest BCUT2D eigenvalue weighted by atomic mass is 32.3. The van der Waals surface area contributed by atoms with E-state index in [4.69, 9.17) is 5.26 Å². The minimum absolute atomic E-state index is 0.163. The number of rotatable bonds is 4. The fraction of sp³-hybridized carbons (Fsp3) is 0.458. The van der Waals surface area contributed by atoms with Crippen molar-refractivity contribution in [2.45, 2.75) is 62.1 Å². The number of hydrogen-bond acceptors (Lipinski definition) is 7. The number of amides is 1. The Hall–Kier alpha value is -3.57. The number of aliphatic imine (C=N–C) groups is 1. The number of anilines is 1. The van der Waals surface area contributed by atoms with Gasteiger partial charge in [-0.3, -0.25) is 24.2 Å². The molecule has 1 saturated heterocycles. The summed E-state index contributed by atoms with van der Waals surface area (Å²) >= 11 is 0. The van der Waals surface area contributed by atoms with Crippen LogP contribution in [0.4, 0.5) is 23.8 Å². The maximum atomic E-state index is 15.3. The molecule has 0 radical (unpaired) electrons. The fourth-order valence-corrected chi connectivity index (χ4v) is 8.67. The van der Waals surface area contributed by atoms with Crippen LogP contribution in [0.3, 0.4) is 0 Å². The van der Waals surface area contributed by atoms with E-state index in [1.54, 1.807) is 13.0 Å². The molecule has 0 bridgehead atoms.